The van der Waals surface area contributed by atoms with Crippen molar-refractivity contribution in [1.82, 2.24) is 24.8 Å². The highest BCUT2D eigenvalue weighted by Crippen LogP contribution is 2.38. The maximum absolute atomic E-state index is 14.3. The first-order valence-corrected chi connectivity index (χ1v) is 27.7. The molecule has 2 aromatic rings. The predicted molar refractivity (Wildman–Crippen MR) is 268 cm³/mol. The number of sulfone groups is 1. The van der Waals surface area contributed by atoms with Crippen molar-refractivity contribution in [3.63, 3.8) is 0 Å². The van der Waals surface area contributed by atoms with Crippen LogP contribution in [0.2, 0.25) is 0 Å². The molecule has 3 fully saturated rings. The third-order valence-electron chi connectivity index (χ3n) is 15.3. The average Bonchev–Trinajstić information content (AvgIpc) is 3.78. The zero-order valence-corrected chi connectivity index (χ0v) is 46.0. The fourth-order valence-electron chi connectivity index (χ4n) is 10.8. The van der Waals surface area contributed by atoms with Crippen molar-refractivity contribution in [3.05, 3.63) is 36.2 Å². The summed E-state index contributed by atoms with van der Waals surface area (Å²) in [7, 11) is 1.88. The van der Waals surface area contributed by atoms with Gasteiger partial charge in [0.2, 0.25) is 0 Å². The summed E-state index contributed by atoms with van der Waals surface area (Å²) >= 11 is 0. The lowest BCUT2D eigenvalue weighted by atomic mass is 9.77. The summed E-state index contributed by atoms with van der Waals surface area (Å²) in [4.78, 5) is 18.4. The van der Waals surface area contributed by atoms with Crippen molar-refractivity contribution in [3.8, 4) is 5.75 Å². The summed E-state index contributed by atoms with van der Waals surface area (Å²) in [5.74, 6) is -2.28. The van der Waals surface area contributed by atoms with E-state index in [1.807, 2.05) is 44.7 Å². The molecule has 0 aliphatic carbocycles. The van der Waals surface area contributed by atoms with Gasteiger partial charge in [-0.3, -0.25) is 4.79 Å². The van der Waals surface area contributed by atoms with Gasteiger partial charge in [-0.1, -0.05) is 26.0 Å². The largest absolute Gasteiger partial charge is 0.491 e. The Morgan fingerprint density at radius 3 is 2.29 bits per heavy atom. The van der Waals surface area contributed by atoms with Crippen LogP contribution in [0.15, 0.2) is 35.4 Å². The maximum atomic E-state index is 14.3. The molecule has 6 N–H and O–H groups in total. The number of cyclic esters (lactones) is 1. The lowest BCUT2D eigenvalue weighted by molar-refractivity contribution is -0.301. The molecule has 22 heteroatoms. The van der Waals surface area contributed by atoms with Crippen LogP contribution in [0.4, 0.5) is 0 Å². The summed E-state index contributed by atoms with van der Waals surface area (Å²) in [6, 6.07) is 4.93. The molecule has 0 bridgehead atoms. The van der Waals surface area contributed by atoms with Gasteiger partial charge in [-0.2, -0.15) is 0 Å². The van der Waals surface area contributed by atoms with Crippen LogP contribution in [0.25, 0.3) is 0 Å². The van der Waals surface area contributed by atoms with Crippen LogP contribution in [-0.4, -0.2) is 220 Å². The summed E-state index contributed by atoms with van der Waals surface area (Å²) in [6.45, 7) is 17.0. The molecule has 0 amide bonds. The topological polar surface area (TPSA) is 274 Å². The van der Waals surface area contributed by atoms with Gasteiger partial charge in [-0.05, 0) is 105 Å². The zero-order valence-electron chi connectivity index (χ0n) is 45.2. The van der Waals surface area contributed by atoms with E-state index in [9.17, 15) is 43.9 Å². The standard InChI is InChI=1S/C51H87N5O16S/c1-14-41-44(60)42(58)33(6)55(11)24-29(2)22-50(8,63)47(31(4)45(32(5)48(62)71-41)68-28-38-23-51(9,66-12)46(61)34(7)70-38)72-49-43(59)40(21-30(3)69-49)54(10)20-19-35-25-56(53-52-35)26-36(57)27-67-37-15-17-39(18-16-37)73(13,64)65/h15-18,25,29-34,36,38,40-47,49,57-61,63H,14,19-24,26-28H2,1-13H3/t29-,30-,31+,32-,33-,34+,36+,38-,40+,41-,42-,43-,44-,45+,46+,47-,49+,50-,51-/m1/s1. The number of likely N-dealkylation sites (N-methyl/N-ethyl adjacent to an activating group) is 2. The van der Waals surface area contributed by atoms with Gasteiger partial charge in [0.05, 0.1) is 77.5 Å². The lowest BCUT2D eigenvalue weighted by Crippen LogP contribution is -2.60. The Morgan fingerprint density at radius 2 is 1.66 bits per heavy atom. The smallest absolute Gasteiger partial charge is 0.311 e. The molecule has 5 rings (SSSR count). The number of carbonyl (C=O) groups excluding carboxylic acids is 1. The van der Waals surface area contributed by atoms with E-state index in [1.165, 1.54) is 36.1 Å². The fraction of sp³-hybridized carbons (Fsp3) is 0.824. The Bertz CT molecular complexity index is 2140. The number of carbonyl (C=O) groups is 1. The summed E-state index contributed by atoms with van der Waals surface area (Å²) in [5.41, 5.74) is -1.92. The van der Waals surface area contributed by atoms with Crippen molar-refractivity contribution < 1.29 is 77.0 Å². The van der Waals surface area contributed by atoms with Crippen LogP contribution in [0.1, 0.15) is 93.7 Å². The number of esters is 1. The average molecular weight is 1060 g/mol. The van der Waals surface area contributed by atoms with Crippen LogP contribution in [0.5, 0.6) is 5.75 Å². The van der Waals surface area contributed by atoms with Crippen molar-refractivity contribution in [2.75, 3.05) is 53.8 Å². The Hall–Kier alpha value is -2.94. The molecule has 0 spiro atoms. The van der Waals surface area contributed by atoms with E-state index in [4.69, 9.17) is 33.2 Å². The molecule has 3 aliphatic rings. The van der Waals surface area contributed by atoms with E-state index in [2.05, 4.69) is 10.3 Å². The number of rotatable bonds is 17. The third kappa shape index (κ3) is 15.8. The van der Waals surface area contributed by atoms with Gasteiger partial charge in [0.15, 0.2) is 16.1 Å². The number of aliphatic hydroxyl groups excluding tert-OH is 5. The Kier molecular flexibility index (Phi) is 21.6. The Balaban J connectivity index is 1.35. The molecule has 3 aliphatic heterocycles. The maximum Gasteiger partial charge on any atom is 0.311 e. The van der Waals surface area contributed by atoms with Crippen molar-refractivity contribution in [2.45, 2.75) is 203 Å². The Labute approximate surface area is 432 Å². The molecule has 1 aromatic carbocycles. The third-order valence-corrected chi connectivity index (χ3v) is 16.5. The normalized spacial score (nSPS) is 38.3. The molecule has 21 nitrogen and oxygen atoms in total. The first-order valence-electron chi connectivity index (χ1n) is 25.8. The number of hydrogen-bond acceptors (Lipinski definition) is 20. The van der Waals surface area contributed by atoms with Gasteiger partial charge in [-0.15, -0.1) is 5.10 Å². The highest BCUT2D eigenvalue weighted by molar-refractivity contribution is 7.90. The van der Waals surface area contributed by atoms with Crippen molar-refractivity contribution in [1.29, 1.82) is 0 Å². The highest BCUT2D eigenvalue weighted by atomic mass is 32.2. The quantitative estimate of drug-likeness (QED) is 0.123. The van der Waals surface area contributed by atoms with E-state index in [0.29, 0.717) is 37.4 Å². The van der Waals surface area contributed by atoms with Crippen molar-refractivity contribution >= 4 is 15.8 Å². The van der Waals surface area contributed by atoms with Crippen molar-refractivity contribution in [2.24, 2.45) is 17.8 Å². The first kappa shape index (κ1) is 60.9. The summed E-state index contributed by atoms with van der Waals surface area (Å²) in [5, 5.41) is 77.9. The van der Waals surface area contributed by atoms with Crippen LogP contribution < -0.4 is 4.74 Å². The molecular weight excluding hydrogens is 971 g/mol. The lowest BCUT2D eigenvalue weighted by Gasteiger charge is -2.48. The molecule has 0 saturated carbocycles. The first-order chi connectivity index (χ1) is 34.1. The van der Waals surface area contributed by atoms with Crippen LogP contribution in [0, 0.1) is 17.8 Å². The minimum atomic E-state index is -3.35. The van der Waals surface area contributed by atoms with Crippen LogP contribution >= 0.6 is 0 Å². The second-order valence-corrected chi connectivity index (χ2v) is 23.8. The molecule has 4 heterocycles. The number of hydrogen-bond donors (Lipinski definition) is 6. The summed E-state index contributed by atoms with van der Waals surface area (Å²) in [6.07, 6.45) is -7.25. The van der Waals surface area contributed by atoms with Gasteiger partial charge in [0.25, 0.3) is 0 Å². The van der Waals surface area contributed by atoms with E-state index in [1.54, 1.807) is 47.7 Å². The Morgan fingerprint density at radius 1 is 0.986 bits per heavy atom. The van der Waals surface area contributed by atoms with Gasteiger partial charge in [0, 0.05) is 63.5 Å². The molecular formula is C51H87N5O16S. The van der Waals surface area contributed by atoms with Gasteiger partial charge < -0.3 is 73.6 Å². The molecule has 0 unspecified atom stereocenters. The van der Waals surface area contributed by atoms with E-state index < -0.39 is 118 Å². The van der Waals surface area contributed by atoms with E-state index >= 15 is 0 Å². The number of methoxy groups -OCH3 is 1. The molecule has 19 atom stereocenters. The fourth-order valence-corrected chi connectivity index (χ4v) is 11.5. The van der Waals surface area contributed by atoms with Gasteiger partial charge >= 0.3 is 5.97 Å². The SMILES string of the molecule is CC[C@H]1OC(=O)[C@H](C)[C@@H](OC[C@H]2C[C@@](C)(OC)[C@@H](O)[C@H](C)O2)[C@H](C)[C@@H](O[C@@H]2O[C@H](C)C[C@H](N(C)CCc3cn(C[C@H](O)COc4ccc(S(C)(=O)=O)cc4)nn3)[C@H]2O)[C@](C)(O)C[C@@H](C)CN(C)[C@H](C)[C@@H](O)[C@@H]1O. The molecule has 418 valence electrons. The van der Waals surface area contributed by atoms with Gasteiger partial charge in [0.1, 0.15) is 42.9 Å². The van der Waals surface area contributed by atoms with Crippen LogP contribution in [0.3, 0.4) is 0 Å². The molecule has 0 radical (unpaired) electrons. The van der Waals surface area contributed by atoms with E-state index in [-0.39, 0.29) is 55.9 Å². The number of nitrogens with zero attached hydrogens (tertiary/aromatic N) is 5. The molecule has 73 heavy (non-hydrogen) atoms. The van der Waals surface area contributed by atoms with Crippen LogP contribution in [-0.2, 0) is 56.0 Å². The summed E-state index contributed by atoms with van der Waals surface area (Å²) < 4.78 is 68.7. The second-order valence-electron chi connectivity index (χ2n) is 21.8. The number of ether oxygens (including phenoxy) is 7. The minimum absolute atomic E-state index is 0.0324. The van der Waals surface area contributed by atoms with Gasteiger partial charge in [-0.25, -0.2) is 13.1 Å². The monoisotopic (exact) mass is 1060 g/mol. The zero-order chi connectivity index (χ0) is 54.3. The van der Waals surface area contributed by atoms with E-state index in [0.717, 1.165) is 6.26 Å². The minimum Gasteiger partial charge on any atom is -0.491 e. The number of benzene rings is 1. The highest BCUT2D eigenvalue weighted by Gasteiger charge is 2.50. The molecule has 1 aromatic heterocycles. The molecule has 3 saturated heterocycles. The number of aromatic nitrogens is 3. The predicted octanol–water partition coefficient (Wildman–Crippen LogP) is 1.60. The number of aliphatic hydroxyl groups is 6. The second kappa shape index (κ2) is 25.9.